The lowest BCUT2D eigenvalue weighted by Gasteiger charge is -2.29. The van der Waals surface area contributed by atoms with Crippen LogP contribution in [-0.4, -0.2) is 48.0 Å². The van der Waals surface area contributed by atoms with Gasteiger partial charge in [0.1, 0.15) is 5.82 Å². The molecule has 1 saturated heterocycles. The molecule has 0 aliphatic carbocycles. The second kappa shape index (κ2) is 5.90. The number of anilines is 1. The van der Waals surface area contributed by atoms with E-state index in [-0.39, 0.29) is 11.6 Å². The van der Waals surface area contributed by atoms with Gasteiger partial charge < -0.3 is 24.5 Å². The highest BCUT2D eigenvalue weighted by Gasteiger charge is 2.17. The lowest BCUT2D eigenvalue weighted by Crippen LogP contribution is -2.36. The molecule has 0 amide bonds. The van der Waals surface area contributed by atoms with Crippen LogP contribution in [0.3, 0.4) is 0 Å². The highest BCUT2D eigenvalue weighted by molar-refractivity contribution is 7.99. The number of carbonyl (C=O) groups is 1. The lowest BCUT2D eigenvalue weighted by molar-refractivity contribution is -0.301. The van der Waals surface area contributed by atoms with Crippen LogP contribution in [0.15, 0.2) is 17.3 Å². The van der Waals surface area contributed by atoms with E-state index in [1.54, 1.807) is 6.07 Å². The predicted octanol–water partition coefficient (Wildman–Crippen LogP) is 0.381. The topological polar surface area (TPSA) is 81.3 Å². The summed E-state index contributed by atoms with van der Waals surface area (Å²) in [5.74, 6) is -1.69. The number of aliphatic carboxylic acids is 1. The number of morpholine rings is 1. The van der Waals surface area contributed by atoms with E-state index in [1.807, 2.05) is 4.90 Å². The van der Waals surface area contributed by atoms with Gasteiger partial charge in [-0.05, 0) is 6.07 Å². The van der Waals surface area contributed by atoms with E-state index < -0.39 is 5.97 Å². The molecule has 2 aromatic rings. The zero-order valence-corrected chi connectivity index (χ0v) is 11.9. The van der Waals surface area contributed by atoms with Crippen molar-refractivity contribution in [2.45, 2.75) is 5.16 Å². The standard InChI is InChI=1S/C13H14FN3O3S/c14-8-5-9-10(16-13(15-9)21-7-12(18)19)6-11(8)17-1-3-20-4-2-17/h5-6H,1-4,7H2,(H,15,16)(H,18,19)/p-1. The minimum Gasteiger partial charge on any atom is -0.549 e. The summed E-state index contributed by atoms with van der Waals surface area (Å²) < 4.78 is 19.4. The third kappa shape index (κ3) is 3.11. The first-order chi connectivity index (χ1) is 10.1. The van der Waals surface area contributed by atoms with Crippen LogP contribution in [0.2, 0.25) is 0 Å². The van der Waals surface area contributed by atoms with Crippen LogP contribution in [-0.2, 0) is 9.53 Å². The van der Waals surface area contributed by atoms with Crippen LogP contribution in [0.4, 0.5) is 10.1 Å². The van der Waals surface area contributed by atoms with E-state index in [9.17, 15) is 14.3 Å². The monoisotopic (exact) mass is 310 g/mol. The van der Waals surface area contributed by atoms with Gasteiger partial charge in [-0.3, -0.25) is 0 Å². The van der Waals surface area contributed by atoms with Crippen molar-refractivity contribution in [2.24, 2.45) is 0 Å². The summed E-state index contributed by atoms with van der Waals surface area (Å²) in [6.45, 7) is 2.42. The van der Waals surface area contributed by atoms with E-state index in [2.05, 4.69) is 9.97 Å². The minimum absolute atomic E-state index is 0.196. The van der Waals surface area contributed by atoms with Crippen LogP contribution >= 0.6 is 11.8 Å². The van der Waals surface area contributed by atoms with Crippen LogP contribution < -0.4 is 10.0 Å². The maximum atomic E-state index is 14.2. The smallest absolute Gasteiger partial charge is 0.166 e. The van der Waals surface area contributed by atoms with E-state index in [0.29, 0.717) is 48.2 Å². The Balaban J connectivity index is 1.88. The summed E-state index contributed by atoms with van der Waals surface area (Å²) in [5, 5.41) is 10.9. The Morgan fingerprint density at radius 3 is 2.95 bits per heavy atom. The van der Waals surface area contributed by atoms with Gasteiger partial charge in [-0.1, -0.05) is 11.8 Å². The number of benzene rings is 1. The number of nitrogens with one attached hydrogen (secondary N) is 1. The van der Waals surface area contributed by atoms with Crippen molar-refractivity contribution in [2.75, 3.05) is 37.0 Å². The maximum absolute atomic E-state index is 14.2. The normalized spacial score (nSPS) is 15.6. The van der Waals surface area contributed by atoms with Gasteiger partial charge in [0.2, 0.25) is 0 Å². The van der Waals surface area contributed by atoms with Crippen molar-refractivity contribution in [3.8, 4) is 0 Å². The number of hydrogen-bond donors (Lipinski definition) is 1. The third-order valence-electron chi connectivity index (χ3n) is 3.21. The second-order valence-corrected chi connectivity index (χ2v) is 5.59. The molecule has 21 heavy (non-hydrogen) atoms. The lowest BCUT2D eigenvalue weighted by atomic mass is 10.2. The molecular weight excluding hydrogens is 297 g/mol. The maximum Gasteiger partial charge on any atom is 0.166 e. The fourth-order valence-electron chi connectivity index (χ4n) is 2.24. The molecule has 0 spiro atoms. The van der Waals surface area contributed by atoms with Gasteiger partial charge >= 0.3 is 0 Å². The number of rotatable bonds is 4. The quantitative estimate of drug-likeness (QED) is 0.822. The van der Waals surface area contributed by atoms with Gasteiger partial charge in [-0.2, -0.15) is 0 Å². The van der Waals surface area contributed by atoms with Crippen molar-refractivity contribution in [1.82, 2.24) is 9.97 Å². The first-order valence-electron chi connectivity index (χ1n) is 6.48. The Bertz CT molecular complexity index is 670. The summed E-state index contributed by atoms with van der Waals surface area (Å²) >= 11 is 1.02. The first kappa shape index (κ1) is 14.2. The van der Waals surface area contributed by atoms with Crippen LogP contribution in [0.25, 0.3) is 11.0 Å². The van der Waals surface area contributed by atoms with Crippen molar-refractivity contribution >= 4 is 34.5 Å². The number of aromatic nitrogens is 2. The summed E-state index contributed by atoms with van der Waals surface area (Å²) in [5.41, 5.74) is 1.65. The second-order valence-electron chi connectivity index (χ2n) is 4.62. The molecule has 0 saturated carbocycles. The van der Waals surface area contributed by atoms with Crippen molar-refractivity contribution in [3.05, 3.63) is 17.9 Å². The molecule has 1 fully saturated rings. The Hall–Kier alpha value is -1.80. The average Bonchev–Trinajstić information content (AvgIpc) is 2.87. The molecular formula is C13H13FN3O3S-. The molecule has 1 aliphatic rings. The van der Waals surface area contributed by atoms with E-state index in [0.717, 1.165) is 11.8 Å². The minimum atomic E-state index is -1.17. The SMILES string of the molecule is O=C([O-])CSc1nc2cc(N3CCOCC3)c(F)cc2[nH]1. The Labute approximate surface area is 124 Å². The fraction of sp³-hybridized carbons (Fsp3) is 0.385. The number of H-pyrrole nitrogens is 1. The van der Waals surface area contributed by atoms with Crippen LogP contribution in [0, 0.1) is 5.82 Å². The Kier molecular flexibility index (Phi) is 3.98. The van der Waals surface area contributed by atoms with Gasteiger partial charge in [0.15, 0.2) is 5.16 Å². The summed E-state index contributed by atoms with van der Waals surface area (Å²) in [6, 6.07) is 3.06. The number of aromatic amines is 1. The van der Waals surface area contributed by atoms with Crippen LogP contribution in [0.1, 0.15) is 0 Å². The van der Waals surface area contributed by atoms with E-state index >= 15 is 0 Å². The number of nitrogens with zero attached hydrogens (tertiary/aromatic N) is 2. The number of halogens is 1. The average molecular weight is 310 g/mol. The van der Waals surface area contributed by atoms with Crippen molar-refractivity contribution in [1.29, 1.82) is 0 Å². The molecule has 1 N–H and O–H groups in total. The van der Waals surface area contributed by atoms with E-state index in [1.165, 1.54) is 6.07 Å². The number of carbonyl (C=O) groups excluding carboxylic acids is 1. The van der Waals surface area contributed by atoms with Crippen molar-refractivity contribution < 1.29 is 19.0 Å². The Morgan fingerprint density at radius 1 is 1.48 bits per heavy atom. The zero-order chi connectivity index (χ0) is 14.8. The van der Waals surface area contributed by atoms with Gasteiger partial charge in [0.25, 0.3) is 0 Å². The van der Waals surface area contributed by atoms with Gasteiger partial charge in [-0.15, -0.1) is 0 Å². The number of ether oxygens (including phenoxy) is 1. The summed E-state index contributed by atoms with van der Waals surface area (Å²) in [6.07, 6.45) is 0. The van der Waals surface area contributed by atoms with Crippen LogP contribution in [0.5, 0.6) is 0 Å². The van der Waals surface area contributed by atoms with Gasteiger partial charge in [0.05, 0.1) is 35.9 Å². The van der Waals surface area contributed by atoms with Crippen molar-refractivity contribution in [3.63, 3.8) is 0 Å². The number of carboxylic acid groups (broad SMARTS) is 1. The molecule has 0 atom stereocenters. The molecule has 8 heteroatoms. The molecule has 1 aromatic carbocycles. The Morgan fingerprint density at radius 2 is 2.24 bits per heavy atom. The van der Waals surface area contributed by atoms with Gasteiger partial charge in [0, 0.05) is 24.9 Å². The molecule has 1 aliphatic heterocycles. The number of hydrogen-bond acceptors (Lipinski definition) is 6. The molecule has 0 unspecified atom stereocenters. The highest BCUT2D eigenvalue weighted by Crippen LogP contribution is 2.27. The van der Waals surface area contributed by atoms with Gasteiger partial charge in [-0.25, -0.2) is 9.37 Å². The molecule has 112 valence electrons. The number of thioether (sulfide) groups is 1. The summed E-state index contributed by atoms with van der Waals surface area (Å²) in [7, 11) is 0. The fourth-order valence-corrected chi connectivity index (χ4v) is 2.84. The molecule has 0 radical (unpaired) electrons. The summed E-state index contributed by atoms with van der Waals surface area (Å²) in [4.78, 5) is 19.5. The largest absolute Gasteiger partial charge is 0.549 e. The molecule has 2 heterocycles. The van der Waals surface area contributed by atoms with E-state index in [4.69, 9.17) is 4.74 Å². The number of imidazole rings is 1. The predicted molar refractivity (Wildman–Crippen MR) is 74.8 cm³/mol. The molecule has 1 aromatic heterocycles. The highest BCUT2D eigenvalue weighted by atomic mass is 32.2. The first-order valence-corrected chi connectivity index (χ1v) is 7.46. The number of fused-ring (bicyclic) bond motifs is 1. The molecule has 0 bridgehead atoms. The number of carboxylic acids is 1. The third-order valence-corrected chi connectivity index (χ3v) is 4.05. The molecule has 3 rings (SSSR count). The zero-order valence-electron chi connectivity index (χ0n) is 11.1. The molecule has 6 nitrogen and oxygen atoms in total.